The van der Waals surface area contributed by atoms with Crippen LogP contribution in [0.15, 0.2) is 38.6 Å². The number of carboxylic acids is 1. The van der Waals surface area contributed by atoms with Gasteiger partial charge in [-0.2, -0.15) is 0 Å². The van der Waals surface area contributed by atoms with Gasteiger partial charge in [0.25, 0.3) is 0 Å². The first-order chi connectivity index (χ1) is 13.8. The first kappa shape index (κ1) is 24.8. The number of carbonyl (C=O) groups is 1. The lowest BCUT2D eigenvalue weighted by Crippen LogP contribution is -2.18. The van der Waals surface area contributed by atoms with E-state index in [-0.39, 0.29) is 24.4 Å². The predicted octanol–water partition coefficient (Wildman–Crippen LogP) is 5.96. The van der Waals surface area contributed by atoms with Crippen LogP contribution in [0, 0.1) is 17.8 Å². The lowest BCUT2D eigenvalue weighted by molar-refractivity contribution is -0.137. The van der Waals surface area contributed by atoms with E-state index in [2.05, 4.69) is 57.0 Å². The first-order valence-corrected chi connectivity index (χ1v) is 12.5. The Bertz CT molecular complexity index is 696. The van der Waals surface area contributed by atoms with Gasteiger partial charge in [0.1, 0.15) is 0 Å². The molecule has 1 aliphatic rings. The zero-order valence-corrected chi connectivity index (χ0v) is 20.6. The SMILES string of the molecule is C[C@@H]1CC(O)[C@H](C/C=C\CCCC(=O)O)[C@H]1/C=C/[C@@H](O)CCc1cc(Br)c(Br)s1. The molecule has 0 radical (unpaired) electrons. The summed E-state index contributed by atoms with van der Waals surface area (Å²) in [7, 11) is 0. The van der Waals surface area contributed by atoms with Crippen LogP contribution < -0.4 is 0 Å². The van der Waals surface area contributed by atoms with Crippen LogP contribution in [0.1, 0.15) is 50.3 Å². The molecule has 0 saturated heterocycles. The van der Waals surface area contributed by atoms with Gasteiger partial charge in [-0.25, -0.2) is 0 Å². The van der Waals surface area contributed by atoms with Crippen molar-refractivity contribution in [3.05, 3.63) is 43.5 Å². The molecule has 29 heavy (non-hydrogen) atoms. The number of carboxylic acid groups (broad SMARTS) is 1. The Morgan fingerprint density at radius 1 is 1.38 bits per heavy atom. The number of aliphatic hydroxyl groups is 2. The molecule has 162 valence electrons. The number of rotatable bonds is 11. The maximum absolute atomic E-state index is 10.5. The molecule has 1 aromatic heterocycles. The van der Waals surface area contributed by atoms with Crippen molar-refractivity contribution >= 4 is 49.2 Å². The highest BCUT2D eigenvalue weighted by atomic mass is 79.9. The number of aryl methyl sites for hydroxylation is 1. The largest absolute Gasteiger partial charge is 0.481 e. The third kappa shape index (κ3) is 8.29. The smallest absolute Gasteiger partial charge is 0.303 e. The van der Waals surface area contributed by atoms with Crippen LogP contribution in [0.25, 0.3) is 0 Å². The Hall–Kier alpha value is -0.470. The minimum absolute atomic E-state index is 0.147. The Kier molecular flexibility index (Phi) is 10.6. The van der Waals surface area contributed by atoms with Crippen molar-refractivity contribution in [2.45, 2.75) is 64.1 Å². The summed E-state index contributed by atoms with van der Waals surface area (Å²) in [5.74, 6) is 0.00587. The normalized spacial score (nSPS) is 26.0. The lowest BCUT2D eigenvalue weighted by atomic mass is 9.86. The minimum Gasteiger partial charge on any atom is -0.481 e. The van der Waals surface area contributed by atoms with E-state index in [1.807, 2.05) is 12.2 Å². The molecule has 5 atom stereocenters. The molecule has 0 aromatic carbocycles. The maximum Gasteiger partial charge on any atom is 0.303 e. The molecule has 1 aliphatic carbocycles. The average Bonchev–Trinajstić information content (AvgIpc) is 3.11. The van der Waals surface area contributed by atoms with Crippen molar-refractivity contribution in [3.63, 3.8) is 0 Å². The first-order valence-electron chi connectivity index (χ1n) is 10.1. The topological polar surface area (TPSA) is 77.8 Å². The quantitative estimate of drug-likeness (QED) is 0.235. The van der Waals surface area contributed by atoms with Crippen LogP contribution in [0.5, 0.6) is 0 Å². The van der Waals surface area contributed by atoms with Crippen LogP contribution in [0.3, 0.4) is 0 Å². The molecule has 4 nitrogen and oxygen atoms in total. The fourth-order valence-corrected chi connectivity index (χ4v) is 6.13. The standard InChI is InChI=1S/C22H30Br2O4S/c1-14-12-20(26)18(6-4-2-3-5-7-21(27)28)17(14)11-9-15(25)8-10-16-13-19(23)22(24)29-16/h2,4,9,11,13-15,17-18,20,25-26H,3,5-8,10,12H2,1H3,(H,27,28)/b4-2-,11-9+/t14-,15+,17+,18-,20?/m1/s1. The monoisotopic (exact) mass is 548 g/mol. The van der Waals surface area contributed by atoms with Gasteiger partial charge >= 0.3 is 5.97 Å². The zero-order chi connectivity index (χ0) is 21.4. The summed E-state index contributed by atoms with van der Waals surface area (Å²) >= 11 is 8.67. The Labute approximate surface area is 194 Å². The van der Waals surface area contributed by atoms with Gasteiger partial charge in [-0.3, -0.25) is 4.79 Å². The van der Waals surface area contributed by atoms with Gasteiger partial charge in [0.15, 0.2) is 0 Å². The van der Waals surface area contributed by atoms with Gasteiger partial charge in [-0.15, -0.1) is 11.3 Å². The number of hydrogen-bond acceptors (Lipinski definition) is 4. The maximum atomic E-state index is 10.5. The van der Waals surface area contributed by atoms with Crippen LogP contribution in [-0.4, -0.2) is 33.5 Å². The number of halogens is 2. The molecule has 2 rings (SSSR count). The number of hydrogen-bond donors (Lipinski definition) is 3. The van der Waals surface area contributed by atoms with E-state index >= 15 is 0 Å². The third-order valence-electron chi connectivity index (χ3n) is 5.53. The molecule has 0 aliphatic heterocycles. The van der Waals surface area contributed by atoms with Gasteiger partial charge in [0, 0.05) is 15.8 Å². The van der Waals surface area contributed by atoms with E-state index in [0.717, 1.165) is 33.9 Å². The van der Waals surface area contributed by atoms with Gasteiger partial charge < -0.3 is 15.3 Å². The van der Waals surface area contributed by atoms with Gasteiger partial charge in [-0.05, 0) is 94.2 Å². The highest BCUT2D eigenvalue weighted by Crippen LogP contribution is 2.40. The molecular formula is C22H30Br2O4S. The molecule has 1 fully saturated rings. The van der Waals surface area contributed by atoms with Crippen molar-refractivity contribution in [3.8, 4) is 0 Å². The summed E-state index contributed by atoms with van der Waals surface area (Å²) in [6.07, 6.45) is 11.9. The molecule has 0 spiro atoms. The Balaban J connectivity index is 1.83. The zero-order valence-electron chi connectivity index (χ0n) is 16.6. The Morgan fingerprint density at radius 3 is 2.79 bits per heavy atom. The molecule has 1 saturated carbocycles. The summed E-state index contributed by atoms with van der Waals surface area (Å²) in [5.41, 5.74) is 0. The lowest BCUT2D eigenvalue weighted by Gasteiger charge is -2.20. The second-order valence-corrected chi connectivity index (χ2v) is 11.1. The summed E-state index contributed by atoms with van der Waals surface area (Å²) in [6, 6.07) is 2.08. The summed E-state index contributed by atoms with van der Waals surface area (Å²) < 4.78 is 2.13. The van der Waals surface area contributed by atoms with Crippen molar-refractivity contribution in [2.75, 3.05) is 0 Å². The summed E-state index contributed by atoms with van der Waals surface area (Å²) in [6.45, 7) is 2.15. The number of aliphatic hydroxyl groups excluding tert-OH is 2. The number of thiophene rings is 1. The van der Waals surface area contributed by atoms with Crippen LogP contribution >= 0.6 is 43.2 Å². The van der Waals surface area contributed by atoms with Crippen LogP contribution in [0.4, 0.5) is 0 Å². The van der Waals surface area contributed by atoms with E-state index in [0.29, 0.717) is 18.8 Å². The van der Waals surface area contributed by atoms with Crippen LogP contribution in [-0.2, 0) is 11.2 Å². The summed E-state index contributed by atoms with van der Waals surface area (Å²) in [5, 5.41) is 29.5. The Morgan fingerprint density at radius 2 is 2.14 bits per heavy atom. The van der Waals surface area contributed by atoms with Gasteiger partial charge in [0.2, 0.25) is 0 Å². The number of allylic oxidation sites excluding steroid dienone is 3. The molecular weight excluding hydrogens is 520 g/mol. The van der Waals surface area contributed by atoms with Crippen LogP contribution in [0.2, 0.25) is 0 Å². The van der Waals surface area contributed by atoms with Gasteiger partial charge in [-0.1, -0.05) is 31.2 Å². The minimum atomic E-state index is -0.762. The molecule has 1 aromatic rings. The molecule has 0 bridgehead atoms. The summed E-state index contributed by atoms with van der Waals surface area (Å²) in [4.78, 5) is 11.8. The van der Waals surface area contributed by atoms with Crippen molar-refractivity contribution in [1.82, 2.24) is 0 Å². The van der Waals surface area contributed by atoms with Gasteiger partial charge in [0.05, 0.1) is 16.0 Å². The molecule has 3 N–H and O–H groups in total. The average molecular weight is 550 g/mol. The predicted molar refractivity (Wildman–Crippen MR) is 125 cm³/mol. The van der Waals surface area contributed by atoms with E-state index in [9.17, 15) is 15.0 Å². The van der Waals surface area contributed by atoms with Crippen molar-refractivity contribution in [1.29, 1.82) is 0 Å². The van der Waals surface area contributed by atoms with E-state index in [1.165, 1.54) is 4.88 Å². The third-order valence-corrected chi connectivity index (χ3v) is 8.85. The second-order valence-electron chi connectivity index (χ2n) is 7.84. The fourth-order valence-electron chi connectivity index (χ4n) is 3.94. The number of aliphatic carboxylic acids is 1. The van der Waals surface area contributed by atoms with Crippen molar-refractivity contribution in [2.24, 2.45) is 17.8 Å². The molecule has 1 heterocycles. The van der Waals surface area contributed by atoms with E-state index in [1.54, 1.807) is 11.3 Å². The highest BCUT2D eigenvalue weighted by molar-refractivity contribution is 9.13. The highest BCUT2D eigenvalue weighted by Gasteiger charge is 2.37. The number of unbranched alkanes of at least 4 members (excludes halogenated alkanes) is 1. The molecule has 7 heteroatoms. The van der Waals surface area contributed by atoms with E-state index < -0.39 is 12.1 Å². The van der Waals surface area contributed by atoms with E-state index in [4.69, 9.17) is 5.11 Å². The van der Waals surface area contributed by atoms with Crippen molar-refractivity contribution < 1.29 is 20.1 Å². The molecule has 0 amide bonds. The fraction of sp³-hybridized carbons (Fsp3) is 0.591. The molecule has 1 unspecified atom stereocenters. The second kappa shape index (κ2) is 12.4.